The minimum atomic E-state index is -3.19. The standard InChI is InChI=1S/C18H24N4O3S2/c1-12(2)13-4-6-15(7-5-13)17-20-21-18(26-17)19-16(23)14-8-10-22(11-9-14)27(3,24)25/h4-7,12,14H,8-11H2,1-3H3,(H,19,21,23). The smallest absolute Gasteiger partial charge is 0.229 e. The molecule has 1 aliphatic heterocycles. The monoisotopic (exact) mass is 408 g/mol. The van der Waals surface area contributed by atoms with Gasteiger partial charge in [-0.1, -0.05) is 49.4 Å². The molecule has 1 aromatic carbocycles. The summed E-state index contributed by atoms with van der Waals surface area (Å²) in [6, 6.07) is 8.19. The quantitative estimate of drug-likeness (QED) is 0.821. The van der Waals surface area contributed by atoms with Crippen LogP contribution in [0.2, 0.25) is 0 Å². The van der Waals surface area contributed by atoms with Gasteiger partial charge in [0.25, 0.3) is 0 Å². The van der Waals surface area contributed by atoms with E-state index in [1.165, 1.54) is 27.5 Å². The second-order valence-electron chi connectivity index (χ2n) is 7.11. The van der Waals surface area contributed by atoms with Crippen molar-refractivity contribution < 1.29 is 13.2 Å². The maximum absolute atomic E-state index is 12.4. The van der Waals surface area contributed by atoms with Crippen LogP contribution in [0.15, 0.2) is 24.3 Å². The van der Waals surface area contributed by atoms with Crippen molar-refractivity contribution in [2.75, 3.05) is 24.7 Å². The van der Waals surface area contributed by atoms with E-state index in [1.807, 2.05) is 12.1 Å². The summed E-state index contributed by atoms with van der Waals surface area (Å²) < 4.78 is 24.5. The average Bonchev–Trinajstić information content (AvgIpc) is 3.09. The molecule has 0 saturated carbocycles. The molecule has 0 atom stereocenters. The number of benzene rings is 1. The zero-order valence-electron chi connectivity index (χ0n) is 15.7. The van der Waals surface area contributed by atoms with Crippen molar-refractivity contribution in [1.82, 2.24) is 14.5 Å². The number of sulfonamides is 1. The summed E-state index contributed by atoms with van der Waals surface area (Å²) in [6.07, 6.45) is 2.23. The van der Waals surface area contributed by atoms with Gasteiger partial charge in [-0.3, -0.25) is 4.79 Å². The zero-order valence-corrected chi connectivity index (χ0v) is 17.3. The first-order valence-electron chi connectivity index (χ1n) is 8.94. The zero-order chi connectivity index (χ0) is 19.6. The predicted molar refractivity (Wildman–Crippen MR) is 107 cm³/mol. The molecule has 2 aromatic rings. The number of carbonyl (C=O) groups is 1. The Balaban J connectivity index is 1.60. The van der Waals surface area contributed by atoms with E-state index >= 15 is 0 Å². The Bertz CT molecular complexity index is 899. The maximum Gasteiger partial charge on any atom is 0.229 e. The highest BCUT2D eigenvalue weighted by Gasteiger charge is 2.29. The second-order valence-corrected chi connectivity index (χ2v) is 10.1. The Morgan fingerprint density at radius 2 is 1.81 bits per heavy atom. The highest BCUT2D eigenvalue weighted by atomic mass is 32.2. The van der Waals surface area contributed by atoms with E-state index in [4.69, 9.17) is 0 Å². The summed E-state index contributed by atoms with van der Waals surface area (Å²) in [4.78, 5) is 12.4. The summed E-state index contributed by atoms with van der Waals surface area (Å²) in [7, 11) is -3.19. The molecule has 1 N–H and O–H groups in total. The van der Waals surface area contributed by atoms with E-state index in [1.54, 1.807) is 0 Å². The van der Waals surface area contributed by atoms with E-state index in [0.29, 0.717) is 37.0 Å². The minimum Gasteiger partial charge on any atom is -0.300 e. The van der Waals surface area contributed by atoms with E-state index in [-0.39, 0.29) is 11.8 Å². The van der Waals surface area contributed by atoms with Crippen molar-refractivity contribution in [1.29, 1.82) is 0 Å². The first kappa shape index (κ1) is 19.9. The van der Waals surface area contributed by atoms with Crippen molar-refractivity contribution in [3.8, 4) is 10.6 Å². The third-order valence-electron chi connectivity index (χ3n) is 4.77. The molecular formula is C18H24N4O3S2. The number of nitrogens with zero attached hydrogens (tertiary/aromatic N) is 3. The predicted octanol–water partition coefficient (Wildman–Crippen LogP) is 2.94. The molecule has 0 bridgehead atoms. The van der Waals surface area contributed by atoms with Crippen LogP contribution in [0.4, 0.5) is 5.13 Å². The highest BCUT2D eigenvalue weighted by Crippen LogP contribution is 2.28. The van der Waals surface area contributed by atoms with Crippen LogP contribution < -0.4 is 5.32 Å². The van der Waals surface area contributed by atoms with Gasteiger partial charge in [-0.05, 0) is 24.3 Å². The van der Waals surface area contributed by atoms with Crippen molar-refractivity contribution in [2.45, 2.75) is 32.6 Å². The molecule has 0 unspecified atom stereocenters. The second kappa shape index (κ2) is 8.04. The summed E-state index contributed by atoms with van der Waals surface area (Å²) in [5, 5.41) is 12.3. The van der Waals surface area contributed by atoms with Crippen LogP contribution in [0, 0.1) is 5.92 Å². The van der Waals surface area contributed by atoms with Gasteiger partial charge < -0.3 is 5.32 Å². The van der Waals surface area contributed by atoms with E-state index in [2.05, 4.69) is 41.5 Å². The Morgan fingerprint density at radius 3 is 2.37 bits per heavy atom. The number of hydrogen-bond donors (Lipinski definition) is 1. The molecule has 1 amide bonds. The molecule has 7 nitrogen and oxygen atoms in total. The third kappa shape index (κ3) is 4.91. The van der Waals surface area contributed by atoms with Gasteiger partial charge in [-0.15, -0.1) is 10.2 Å². The van der Waals surface area contributed by atoms with Gasteiger partial charge >= 0.3 is 0 Å². The molecule has 0 aliphatic carbocycles. The molecule has 1 aliphatic rings. The summed E-state index contributed by atoms with van der Waals surface area (Å²) in [5.74, 6) is 0.138. The third-order valence-corrected chi connectivity index (χ3v) is 6.96. The average molecular weight is 409 g/mol. The fourth-order valence-corrected chi connectivity index (χ4v) is 4.68. The molecule has 1 fully saturated rings. The van der Waals surface area contributed by atoms with Crippen LogP contribution in [-0.4, -0.2) is 48.2 Å². The molecule has 1 aromatic heterocycles. The molecule has 2 heterocycles. The van der Waals surface area contributed by atoms with Crippen LogP contribution >= 0.6 is 11.3 Å². The highest BCUT2D eigenvalue weighted by molar-refractivity contribution is 7.88. The van der Waals surface area contributed by atoms with Gasteiger partial charge in [-0.2, -0.15) is 0 Å². The Labute approximate surface area is 163 Å². The van der Waals surface area contributed by atoms with E-state index < -0.39 is 10.0 Å². The van der Waals surface area contributed by atoms with Gasteiger partial charge in [-0.25, -0.2) is 12.7 Å². The van der Waals surface area contributed by atoms with Crippen molar-refractivity contribution >= 4 is 32.4 Å². The Kier molecular flexibility index (Phi) is 5.92. The molecule has 146 valence electrons. The first-order valence-corrected chi connectivity index (χ1v) is 11.6. The number of piperidine rings is 1. The van der Waals surface area contributed by atoms with Gasteiger partial charge in [0.2, 0.25) is 21.1 Å². The molecular weight excluding hydrogens is 384 g/mol. The lowest BCUT2D eigenvalue weighted by molar-refractivity contribution is -0.120. The molecule has 1 saturated heterocycles. The lowest BCUT2D eigenvalue weighted by Gasteiger charge is -2.29. The fraction of sp³-hybridized carbons (Fsp3) is 0.500. The topological polar surface area (TPSA) is 92.3 Å². The number of carbonyl (C=O) groups excluding carboxylic acids is 1. The minimum absolute atomic E-state index is 0.124. The van der Waals surface area contributed by atoms with E-state index in [9.17, 15) is 13.2 Å². The number of hydrogen-bond acceptors (Lipinski definition) is 6. The molecule has 0 radical (unpaired) electrons. The number of nitrogens with one attached hydrogen (secondary N) is 1. The summed E-state index contributed by atoms with van der Waals surface area (Å²) in [6.45, 7) is 5.04. The Hall–Kier alpha value is -1.84. The van der Waals surface area contributed by atoms with Gasteiger partial charge in [0.05, 0.1) is 6.26 Å². The van der Waals surface area contributed by atoms with Gasteiger partial charge in [0.15, 0.2) is 0 Å². The van der Waals surface area contributed by atoms with Crippen LogP contribution in [0.1, 0.15) is 38.2 Å². The molecule has 27 heavy (non-hydrogen) atoms. The van der Waals surface area contributed by atoms with Crippen LogP contribution in [0.25, 0.3) is 10.6 Å². The number of rotatable bonds is 5. The fourth-order valence-electron chi connectivity index (χ4n) is 3.06. The number of aromatic nitrogens is 2. The molecule has 3 rings (SSSR count). The van der Waals surface area contributed by atoms with Crippen LogP contribution in [0.3, 0.4) is 0 Å². The number of anilines is 1. The van der Waals surface area contributed by atoms with Gasteiger partial charge in [0.1, 0.15) is 5.01 Å². The van der Waals surface area contributed by atoms with Crippen molar-refractivity contribution in [2.24, 2.45) is 5.92 Å². The number of amides is 1. The van der Waals surface area contributed by atoms with Crippen molar-refractivity contribution in [3.63, 3.8) is 0 Å². The lowest BCUT2D eigenvalue weighted by Crippen LogP contribution is -2.40. The lowest BCUT2D eigenvalue weighted by atomic mass is 9.97. The summed E-state index contributed by atoms with van der Waals surface area (Å²) >= 11 is 1.34. The largest absolute Gasteiger partial charge is 0.300 e. The van der Waals surface area contributed by atoms with Crippen LogP contribution in [0.5, 0.6) is 0 Å². The normalized spacial score (nSPS) is 16.6. The SMILES string of the molecule is CC(C)c1ccc(-c2nnc(NC(=O)C3CCN(S(C)(=O)=O)CC3)s2)cc1. The van der Waals surface area contributed by atoms with Crippen molar-refractivity contribution in [3.05, 3.63) is 29.8 Å². The van der Waals surface area contributed by atoms with Gasteiger partial charge in [0, 0.05) is 24.6 Å². The molecule has 9 heteroatoms. The molecule has 0 spiro atoms. The summed E-state index contributed by atoms with van der Waals surface area (Å²) in [5.41, 5.74) is 2.23. The Morgan fingerprint density at radius 1 is 1.19 bits per heavy atom. The van der Waals surface area contributed by atoms with E-state index in [0.717, 1.165) is 10.6 Å². The maximum atomic E-state index is 12.4. The first-order chi connectivity index (χ1) is 12.7. The van der Waals surface area contributed by atoms with Crippen LogP contribution in [-0.2, 0) is 14.8 Å².